The van der Waals surface area contributed by atoms with E-state index in [-0.39, 0.29) is 19.4 Å². The van der Waals surface area contributed by atoms with Crippen LogP contribution in [0.2, 0.25) is 0 Å². The number of allylic oxidation sites excluding steroid dienone is 11. The summed E-state index contributed by atoms with van der Waals surface area (Å²) in [7, 11) is 0. The fraction of sp³-hybridized carbons (Fsp3) is 0.778. The van der Waals surface area contributed by atoms with Crippen molar-refractivity contribution in [1.82, 2.24) is 5.32 Å². The Morgan fingerprint density at radius 3 is 1.45 bits per heavy atom. The monoisotopic (exact) mass is 1040 g/mol. The van der Waals surface area contributed by atoms with Crippen LogP contribution in [0.3, 0.4) is 0 Å². The van der Waals surface area contributed by atoms with Crippen LogP contribution in [-0.2, 0) is 23.8 Å². The maximum atomic E-state index is 13.4. The zero-order valence-electron chi connectivity index (χ0n) is 47.2. The zero-order valence-corrected chi connectivity index (χ0v) is 47.2. The molecule has 0 aromatic carbocycles. The van der Waals surface area contributed by atoms with Crippen molar-refractivity contribution < 1.29 is 49.3 Å². The van der Waals surface area contributed by atoms with Gasteiger partial charge in [-0.2, -0.15) is 0 Å². The van der Waals surface area contributed by atoms with Gasteiger partial charge in [0, 0.05) is 6.42 Å². The molecule has 0 radical (unpaired) electrons. The van der Waals surface area contributed by atoms with Crippen LogP contribution in [0, 0.1) is 0 Å². The van der Waals surface area contributed by atoms with E-state index in [4.69, 9.17) is 14.2 Å². The van der Waals surface area contributed by atoms with Gasteiger partial charge in [0.05, 0.1) is 25.4 Å². The number of unbranched alkanes of at least 4 members (excludes halogenated alkanes) is 26. The first-order valence-corrected chi connectivity index (χ1v) is 30.2. The molecule has 11 heteroatoms. The van der Waals surface area contributed by atoms with Gasteiger partial charge >= 0.3 is 5.97 Å². The summed E-state index contributed by atoms with van der Waals surface area (Å²) in [6.07, 6.45) is 53.6. The molecule has 1 rings (SSSR count). The average molecular weight is 1040 g/mol. The molecule has 1 saturated heterocycles. The maximum absolute atomic E-state index is 13.4. The Kier molecular flexibility index (Phi) is 47.5. The summed E-state index contributed by atoms with van der Waals surface area (Å²) >= 11 is 0. The van der Waals surface area contributed by atoms with E-state index in [1.54, 1.807) is 6.08 Å². The van der Waals surface area contributed by atoms with Gasteiger partial charge in [-0.25, -0.2) is 0 Å². The second-order valence-electron chi connectivity index (χ2n) is 20.7. The Morgan fingerprint density at radius 1 is 0.527 bits per heavy atom. The Hall–Kier alpha value is -2.90. The number of carbonyl (C=O) groups excluding carboxylic acids is 2. The van der Waals surface area contributed by atoms with E-state index in [0.29, 0.717) is 12.8 Å². The highest BCUT2D eigenvalue weighted by Crippen LogP contribution is 2.26. The minimum atomic E-state index is -1.63. The van der Waals surface area contributed by atoms with Crippen molar-refractivity contribution >= 4 is 11.9 Å². The van der Waals surface area contributed by atoms with Crippen molar-refractivity contribution in [2.45, 2.75) is 301 Å². The second-order valence-corrected chi connectivity index (χ2v) is 20.7. The number of amides is 1. The third-order valence-electron chi connectivity index (χ3n) is 13.8. The van der Waals surface area contributed by atoms with Crippen molar-refractivity contribution in [1.29, 1.82) is 0 Å². The topological polar surface area (TPSA) is 175 Å². The van der Waals surface area contributed by atoms with Crippen molar-refractivity contribution in [2.24, 2.45) is 0 Å². The second kappa shape index (κ2) is 50.9. The molecule has 0 aromatic rings. The van der Waals surface area contributed by atoms with Crippen molar-refractivity contribution in [2.75, 3.05) is 13.2 Å². The lowest BCUT2D eigenvalue weighted by Gasteiger charge is -2.41. The van der Waals surface area contributed by atoms with Crippen LogP contribution in [0.25, 0.3) is 0 Å². The molecule has 1 aliphatic heterocycles. The summed E-state index contributed by atoms with van der Waals surface area (Å²) in [6, 6.07) is -1.03. The van der Waals surface area contributed by atoms with Crippen molar-refractivity contribution in [3.63, 3.8) is 0 Å². The van der Waals surface area contributed by atoms with Crippen molar-refractivity contribution in [3.8, 4) is 0 Å². The average Bonchev–Trinajstić information content (AvgIpc) is 3.40. The number of carbonyl (C=O) groups is 2. The molecule has 0 bridgehead atoms. The fourth-order valence-corrected chi connectivity index (χ4v) is 8.98. The van der Waals surface area contributed by atoms with Gasteiger partial charge in [0.25, 0.3) is 0 Å². The number of ether oxygens (including phenoxy) is 3. The maximum Gasteiger partial charge on any atom is 0.306 e. The van der Waals surface area contributed by atoms with Gasteiger partial charge in [0.2, 0.25) is 5.91 Å². The lowest BCUT2D eigenvalue weighted by Crippen LogP contribution is -2.61. The normalized spacial score (nSPS) is 19.8. The molecule has 0 aromatic heterocycles. The number of nitrogens with one attached hydrogen (secondary N) is 1. The smallest absolute Gasteiger partial charge is 0.306 e. The number of esters is 1. The molecule has 1 amide bonds. The quantitative estimate of drug-likeness (QED) is 0.0195. The first-order chi connectivity index (χ1) is 36.2. The molecule has 1 heterocycles. The van der Waals surface area contributed by atoms with Crippen LogP contribution < -0.4 is 5.32 Å². The van der Waals surface area contributed by atoms with Crippen LogP contribution >= 0.6 is 0 Å². The summed E-state index contributed by atoms with van der Waals surface area (Å²) in [6.45, 7) is 5.72. The highest BCUT2D eigenvalue weighted by molar-refractivity contribution is 5.80. The molecule has 11 nitrogen and oxygen atoms in total. The van der Waals surface area contributed by atoms with Crippen LogP contribution in [0.1, 0.15) is 252 Å². The van der Waals surface area contributed by atoms with Gasteiger partial charge in [-0.3, -0.25) is 9.59 Å². The van der Waals surface area contributed by atoms with E-state index in [1.807, 2.05) is 6.08 Å². The number of hydrogen-bond acceptors (Lipinski definition) is 10. The van der Waals surface area contributed by atoms with E-state index in [1.165, 1.54) is 116 Å². The molecule has 6 N–H and O–H groups in total. The Bertz CT molecular complexity index is 1480. The Morgan fingerprint density at radius 2 is 0.932 bits per heavy atom. The van der Waals surface area contributed by atoms with E-state index < -0.39 is 67.4 Å². The molecular weight excluding hydrogens is 931 g/mol. The molecular formula is C63H111NO10. The largest absolute Gasteiger partial charge is 0.454 e. The van der Waals surface area contributed by atoms with Gasteiger partial charge < -0.3 is 45.1 Å². The predicted molar refractivity (Wildman–Crippen MR) is 306 cm³/mol. The number of aliphatic hydroxyl groups excluding tert-OH is 5. The van der Waals surface area contributed by atoms with Crippen molar-refractivity contribution in [3.05, 3.63) is 72.9 Å². The molecule has 74 heavy (non-hydrogen) atoms. The lowest BCUT2D eigenvalue weighted by molar-refractivity contribution is -0.305. The Balaban J connectivity index is 2.73. The molecule has 1 aliphatic rings. The van der Waals surface area contributed by atoms with Gasteiger partial charge in [-0.1, -0.05) is 222 Å². The molecule has 428 valence electrons. The number of hydrogen-bond donors (Lipinski definition) is 6. The highest BCUT2D eigenvalue weighted by atomic mass is 16.7. The molecule has 1 fully saturated rings. The zero-order chi connectivity index (χ0) is 54.0. The van der Waals surface area contributed by atoms with Crippen LogP contribution in [-0.4, -0.2) is 99.6 Å². The number of rotatable bonds is 50. The van der Waals surface area contributed by atoms with Gasteiger partial charge in [-0.05, 0) is 96.3 Å². The Labute approximate surface area is 451 Å². The SMILES string of the molecule is CCCCC/C=C\C/C=C\C/C=C\C/C=C\CCCCCC(=O)OC1C(OCC(NC(=O)C(O)CCCCCCCC/C=C\CCCCCC)C(O)/C=C/CCCCCCCCCCCC)OC(CO)C(O)C1O. The molecule has 0 aliphatic carbocycles. The van der Waals surface area contributed by atoms with Gasteiger partial charge in [0.15, 0.2) is 12.4 Å². The predicted octanol–water partition coefficient (Wildman–Crippen LogP) is 14.0. The molecule has 8 unspecified atom stereocenters. The van der Waals surface area contributed by atoms with Crippen LogP contribution in [0.15, 0.2) is 72.9 Å². The molecule has 0 saturated carbocycles. The molecule has 8 atom stereocenters. The standard InChI is InChI=1S/C63H111NO10/c1-4-7-10-13-16-19-22-25-27-28-29-30-31-33-36-39-42-45-48-51-58(68)74-61-60(70)59(69)57(52-65)73-63(61)72-53-54(55(66)49-46-43-40-37-34-24-21-18-15-12-9-6-3)64-62(71)56(67)50-47-44-41-38-35-32-26-23-20-17-14-11-8-5-2/h16,19-20,23,25,27,29-30,33,36,46,49,54-57,59-61,63,65-67,69-70H,4-15,17-18,21-22,24,26,28,31-32,34-35,37-45,47-48,50-53H2,1-3H3,(H,64,71)/b19-16-,23-20-,27-25-,30-29-,36-33-,49-46+. The first kappa shape index (κ1) is 69.1. The van der Waals surface area contributed by atoms with E-state index in [0.717, 1.165) is 89.9 Å². The van der Waals surface area contributed by atoms with Gasteiger partial charge in [0.1, 0.15) is 24.4 Å². The van der Waals surface area contributed by atoms with Gasteiger partial charge in [-0.15, -0.1) is 0 Å². The lowest BCUT2D eigenvalue weighted by atomic mass is 9.99. The minimum Gasteiger partial charge on any atom is -0.454 e. The number of aliphatic hydroxyl groups is 5. The third-order valence-corrected chi connectivity index (χ3v) is 13.8. The van der Waals surface area contributed by atoms with E-state index in [2.05, 4.69) is 86.8 Å². The van der Waals surface area contributed by atoms with E-state index in [9.17, 15) is 35.1 Å². The van der Waals surface area contributed by atoms with E-state index >= 15 is 0 Å². The third kappa shape index (κ3) is 38.6. The fourth-order valence-electron chi connectivity index (χ4n) is 8.98. The summed E-state index contributed by atoms with van der Waals surface area (Å²) in [4.78, 5) is 26.5. The summed E-state index contributed by atoms with van der Waals surface area (Å²) in [5, 5.41) is 56.9. The minimum absolute atomic E-state index is 0.0834. The summed E-state index contributed by atoms with van der Waals surface area (Å²) < 4.78 is 17.6. The summed E-state index contributed by atoms with van der Waals surface area (Å²) in [5.74, 6) is -1.23. The summed E-state index contributed by atoms with van der Waals surface area (Å²) in [5.41, 5.74) is 0. The first-order valence-electron chi connectivity index (χ1n) is 30.2. The van der Waals surface area contributed by atoms with Crippen LogP contribution in [0.5, 0.6) is 0 Å². The highest BCUT2D eigenvalue weighted by Gasteiger charge is 2.47. The molecule has 0 spiro atoms. The van der Waals surface area contributed by atoms with Crippen LogP contribution in [0.4, 0.5) is 0 Å².